The van der Waals surface area contributed by atoms with Crippen LogP contribution in [-0.2, 0) is 9.13 Å². The molecule has 0 radical (unpaired) electrons. The summed E-state index contributed by atoms with van der Waals surface area (Å²) >= 11 is 0. The second-order valence-corrected chi connectivity index (χ2v) is 13.2. The summed E-state index contributed by atoms with van der Waals surface area (Å²) in [6.45, 7) is 11.8. The summed E-state index contributed by atoms with van der Waals surface area (Å²) in [6, 6.07) is 19.2. The molecule has 0 spiro atoms. The van der Waals surface area contributed by atoms with Gasteiger partial charge in [-0.25, -0.2) is 0 Å². The zero-order valence-corrected chi connectivity index (χ0v) is 18.2. The molecule has 0 saturated heterocycles. The van der Waals surface area contributed by atoms with Crippen molar-refractivity contribution in [1.82, 2.24) is 0 Å². The molecular weight excluding hydrogens is 370 g/mol. The maximum Gasteiger partial charge on any atom is 0.135 e. The Morgan fingerprint density at radius 3 is 1.33 bits per heavy atom. The Hall–Kier alpha value is -1.62. The lowest BCUT2D eigenvalue weighted by molar-refractivity contribution is 0.585. The van der Waals surface area contributed by atoms with E-state index >= 15 is 0 Å². The number of hydrogen-bond donors (Lipinski definition) is 0. The zero-order valence-electron chi connectivity index (χ0n) is 16.4. The topological polar surface area (TPSA) is 34.1 Å². The van der Waals surface area contributed by atoms with Crippen molar-refractivity contribution < 1.29 is 9.13 Å². The smallest absolute Gasteiger partial charge is 0.135 e. The molecule has 2 aromatic carbocycles. The first-order valence-corrected chi connectivity index (χ1v) is 13.7. The largest absolute Gasteiger partial charge is 0.314 e. The minimum Gasteiger partial charge on any atom is -0.314 e. The standard InChI is InChI=1S/C23H30O2P2/c1-20(26(3,24)22-16-10-6-11-17-22)14-8-5-9-15-21(2)27(4,25)23-18-12-7-13-19-23/h6-7,10-13,16-19H,1-2,5,8-9,14-15H2,3-4H3/t26-,27?/m0/s1. The van der Waals surface area contributed by atoms with E-state index in [-0.39, 0.29) is 0 Å². The Kier molecular flexibility index (Phi) is 7.66. The van der Waals surface area contributed by atoms with E-state index in [1.165, 1.54) is 0 Å². The number of hydrogen-bond acceptors (Lipinski definition) is 2. The molecule has 0 amide bonds. The van der Waals surface area contributed by atoms with E-state index in [4.69, 9.17) is 0 Å². The van der Waals surface area contributed by atoms with Crippen LogP contribution in [0.4, 0.5) is 0 Å². The molecule has 0 N–H and O–H groups in total. The van der Waals surface area contributed by atoms with Crippen LogP contribution in [0, 0.1) is 0 Å². The van der Waals surface area contributed by atoms with E-state index in [1.54, 1.807) is 13.3 Å². The SMILES string of the molecule is C=C(CCCCCC(=C)[P@](C)(=O)c1ccccc1)P(C)(=O)c1ccccc1. The van der Waals surface area contributed by atoms with Crippen molar-refractivity contribution in [3.8, 4) is 0 Å². The summed E-state index contributed by atoms with van der Waals surface area (Å²) < 4.78 is 26.1. The van der Waals surface area contributed by atoms with Gasteiger partial charge in [-0.05, 0) is 49.6 Å². The number of rotatable bonds is 10. The average Bonchev–Trinajstić information content (AvgIpc) is 2.68. The van der Waals surface area contributed by atoms with Crippen LogP contribution in [0.2, 0.25) is 0 Å². The maximum absolute atomic E-state index is 13.0. The van der Waals surface area contributed by atoms with Crippen LogP contribution in [0.15, 0.2) is 84.4 Å². The van der Waals surface area contributed by atoms with Gasteiger partial charge in [0, 0.05) is 10.6 Å². The lowest BCUT2D eigenvalue weighted by Crippen LogP contribution is -2.05. The Bertz CT molecular complexity index is 796. The predicted molar refractivity (Wildman–Crippen MR) is 121 cm³/mol. The number of allylic oxidation sites excluding steroid dienone is 2. The molecule has 1 unspecified atom stereocenters. The van der Waals surface area contributed by atoms with Crippen LogP contribution in [0.25, 0.3) is 0 Å². The second-order valence-electron chi connectivity index (χ2n) is 7.21. The van der Waals surface area contributed by atoms with Crippen molar-refractivity contribution in [2.45, 2.75) is 32.1 Å². The Morgan fingerprint density at radius 1 is 0.667 bits per heavy atom. The molecule has 0 bridgehead atoms. The molecule has 0 aliphatic rings. The van der Waals surface area contributed by atoms with Crippen molar-refractivity contribution in [1.29, 1.82) is 0 Å². The van der Waals surface area contributed by atoms with Gasteiger partial charge in [0.15, 0.2) is 0 Å². The summed E-state index contributed by atoms with van der Waals surface area (Å²) in [5, 5.41) is 3.41. The fourth-order valence-electron chi connectivity index (χ4n) is 3.05. The van der Waals surface area contributed by atoms with Crippen molar-refractivity contribution in [2.24, 2.45) is 0 Å². The van der Waals surface area contributed by atoms with E-state index in [9.17, 15) is 9.13 Å². The molecule has 144 valence electrons. The van der Waals surface area contributed by atoms with Crippen LogP contribution < -0.4 is 10.6 Å². The van der Waals surface area contributed by atoms with Gasteiger partial charge in [0.25, 0.3) is 0 Å². The third kappa shape index (κ3) is 5.68. The molecule has 2 nitrogen and oxygen atoms in total. The van der Waals surface area contributed by atoms with E-state index in [1.807, 2.05) is 60.7 Å². The first-order chi connectivity index (χ1) is 12.8. The van der Waals surface area contributed by atoms with Crippen molar-refractivity contribution in [2.75, 3.05) is 13.3 Å². The van der Waals surface area contributed by atoms with Gasteiger partial charge in [0.2, 0.25) is 0 Å². The first-order valence-electron chi connectivity index (χ1n) is 9.39. The molecule has 0 saturated carbocycles. The van der Waals surface area contributed by atoms with E-state index in [0.29, 0.717) is 0 Å². The fraction of sp³-hybridized carbons (Fsp3) is 0.304. The van der Waals surface area contributed by atoms with Gasteiger partial charge in [-0.2, -0.15) is 0 Å². The van der Waals surface area contributed by atoms with E-state index in [2.05, 4.69) is 13.2 Å². The lowest BCUT2D eigenvalue weighted by atomic mass is 10.1. The molecule has 2 atom stereocenters. The van der Waals surface area contributed by atoms with Gasteiger partial charge in [-0.15, -0.1) is 0 Å². The van der Waals surface area contributed by atoms with Gasteiger partial charge in [-0.3, -0.25) is 0 Å². The molecule has 0 aromatic heterocycles. The molecule has 2 aromatic rings. The quantitative estimate of drug-likeness (QED) is 0.333. The molecule has 0 heterocycles. The van der Waals surface area contributed by atoms with Crippen molar-refractivity contribution in [3.05, 3.63) is 84.4 Å². The highest BCUT2D eigenvalue weighted by Crippen LogP contribution is 2.51. The van der Waals surface area contributed by atoms with Crippen LogP contribution >= 0.6 is 14.3 Å². The third-order valence-corrected chi connectivity index (χ3v) is 10.6. The van der Waals surface area contributed by atoms with Crippen LogP contribution in [0.1, 0.15) is 32.1 Å². The molecule has 0 fully saturated rings. The summed E-state index contributed by atoms with van der Waals surface area (Å²) in [5.74, 6) is 0. The highest BCUT2D eigenvalue weighted by Gasteiger charge is 2.22. The molecule has 4 heteroatoms. The Balaban J connectivity index is 1.79. The van der Waals surface area contributed by atoms with Crippen LogP contribution in [0.5, 0.6) is 0 Å². The van der Waals surface area contributed by atoms with Crippen molar-refractivity contribution in [3.63, 3.8) is 0 Å². The van der Waals surface area contributed by atoms with Crippen LogP contribution in [0.3, 0.4) is 0 Å². The monoisotopic (exact) mass is 400 g/mol. The van der Waals surface area contributed by atoms with Crippen molar-refractivity contribution >= 4 is 24.9 Å². The highest BCUT2D eigenvalue weighted by atomic mass is 31.2. The first kappa shape index (κ1) is 21.7. The summed E-state index contributed by atoms with van der Waals surface area (Å²) in [7, 11) is -5.05. The van der Waals surface area contributed by atoms with E-state index < -0.39 is 14.3 Å². The van der Waals surface area contributed by atoms with Gasteiger partial charge in [-0.1, -0.05) is 80.2 Å². The maximum atomic E-state index is 13.0. The minimum absolute atomic E-state index is 0.762. The second kappa shape index (κ2) is 9.54. The summed E-state index contributed by atoms with van der Waals surface area (Å²) in [6.07, 6.45) is 4.39. The highest BCUT2D eigenvalue weighted by molar-refractivity contribution is 7.75. The number of benzene rings is 2. The molecule has 0 aliphatic heterocycles. The van der Waals surface area contributed by atoms with E-state index in [0.717, 1.165) is 53.3 Å². The Labute approximate surface area is 164 Å². The molecule has 0 aliphatic carbocycles. The Morgan fingerprint density at radius 2 is 1.00 bits per heavy atom. The van der Waals surface area contributed by atoms with Gasteiger partial charge in [0.05, 0.1) is 0 Å². The minimum atomic E-state index is -2.53. The normalized spacial score (nSPS) is 15.5. The van der Waals surface area contributed by atoms with Gasteiger partial charge in [0.1, 0.15) is 14.3 Å². The number of unbranched alkanes of at least 4 members (excludes halogenated alkanes) is 2. The molecule has 2 rings (SSSR count). The van der Waals surface area contributed by atoms with Gasteiger partial charge >= 0.3 is 0 Å². The summed E-state index contributed by atoms with van der Waals surface area (Å²) in [5.41, 5.74) is 0. The third-order valence-electron chi connectivity index (χ3n) is 5.14. The predicted octanol–water partition coefficient (Wildman–Crippen LogP) is 6.60. The summed E-state index contributed by atoms with van der Waals surface area (Å²) in [4.78, 5) is 0. The van der Waals surface area contributed by atoms with Gasteiger partial charge < -0.3 is 9.13 Å². The zero-order chi connectivity index (χ0) is 19.9. The fourth-order valence-corrected chi connectivity index (χ4v) is 6.43. The molecule has 27 heavy (non-hydrogen) atoms. The molecular formula is C23H30O2P2. The van der Waals surface area contributed by atoms with Crippen LogP contribution in [-0.4, -0.2) is 13.3 Å². The lowest BCUT2D eigenvalue weighted by Gasteiger charge is -2.17. The average molecular weight is 400 g/mol.